The third-order valence-corrected chi connectivity index (χ3v) is 5.42. The highest BCUT2D eigenvalue weighted by molar-refractivity contribution is 6.07. The van der Waals surface area contributed by atoms with Crippen molar-refractivity contribution in [3.63, 3.8) is 0 Å². The van der Waals surface area contributed by atoms with Crippen molar-refractivity contribution >= 4 is 16.8 Å². The highest BCUT2D eigenvalue weighted by Gasteiger charge is 2.27. The van der Waals surface area contributed by atoms with Gasteiger partial charge in [0.05, 0.1) is 23.2 Å². The molecule has 152 valence electrons. The maximum atomic E-state index is 14.6. The number of rotatable bonds is 4. The fourth-order valence-corrected chi connectivity index (χ4v) is 4.04. The molecule has 1 aromatic heterocycles. The first-order valence-corrected chi connectivity index (χ1v) is 9.63. The molecule has 1 fully saturated rings. The summed E-state index contributed by atoms with van der Waals surface area (Å²) < 4.78 is 43.3. The van der Waals surface area contributed by atoms with Crippen molar-refractivity contribution < 1.29 is 23.1 Å². The van der Waals surface area contributed by atoms with Gasteiger partial charge in [0, 0.05) is 24.2 Å². The van der Waals surface area contributed by atoms with Crippen LogP contribution in [0.4, 0.5) is 13.2 Å². The second kappa shape index (κ2) is 7.91. The zero-order chi connectivity index (χ0) is 20.5. The third-order valence-electron chi connectivity index (χ3n) is 5.42. The number of hydrogen-bond donors (Lipinski definition) is 2. The van der Waals surface area contributed by atoms with Gasteiger partial charge in [-0.2, -0.15) is 0 Å². The lowest BCUT2D eigenvalue weighted by Gasteiger charge is -2.28. The molecular formula is C22H21F3N2O2. The van der Waals surface area contributed by atoms with Gasteiger partial charge in [-0.3, -0.25) is 4.79 Å². The monoisotopic (exact) mass is 402 g/mol. The van der Waals surface area contributed by atoms with Gasteiger partial charge >= 0.3 is 0 Å². The lowest BCUT2D eigenvalue weighted by Crippen LogP contribution is -2.45. The van der Waals surface area contributed by atoms with Gasteiger partial charge in [-0.25, -0.2) is 13.2 Å². The summed E-state index contributed by atoms with van der Waals surface area (Å²) in [6.07, 6.45) is 3.96. The van der Waals surface area contributed by atoms with E-state index in [-0.39, 0.29) is 23.5 Å². The molecule has 1 amide bonds. The molecule has 4 rings (SSSR count). The normalized spacial score (nSPS) is 19.4. The van der Waals surface area contributed by atoms with Crippen LogP contribution in [0.15, 0.2) is 42.6 Å². The molecule has 1 heterocycles. The molecule has 2 aromatic carbocycles. The predicted molar refractivity (Wildman–Crippen MR) is 103 cm³/mol. The van der Waals surface area contributed by atoms with Crippen molar-refractivity contribution in [3.05, 3.63) is 71.2 Å². The van der Waals surface area contributed by atoms with Crippen molar-refractivity contribution in [2.45, 2.75) is 44.4 Å². The Morgan fingerprint density at radius 3 is 2.55 bits per heavy atom. The molecule has 1 aliphatic carbocycles. The molecule has 2 N–H and O–H groups in total. The number of aliphatic hydroxyl groups is 1. The minimum absolute atomic E-state index is 0.0773. The van der Waals surface area contributed by atoms with E-state index < -0.39 is 29.5 Å². The van der Waals surface area contributed by atoms with E-state index in [2.05, 4.69) is 5.32 Å². The first-order valence-electron chi connectivity index (χ1n) is 9.63. The number of hydrogen-bond acceptors (Lipinski definition) is 2. The molecule has 0 unspecified atom stereocenters. The lowest BCUT2D eigenvalue weighted by molar-refractivity contribution is 0.0718. The number of benzene rings is 2. The zero-order valence-electron chi connectivity index (χ0n) is 15.7. The van der Waals surface area contributed by atoms with Crippen molar-refractivity contribution in [1.29, 1.82) is 0 Å². The predicted octanol–water partition coefficient (Wildman–Crippen LogP) is 4.14. The standard InChI is InChI=1S/C22H21F3N2O2/c23-14-8-13(9-15(24)10-14)11-27-12-16(21-17(25)4-3-6-19(21)27)22(29)26-18-5-1-2-7-20(18)28/h3-4,6,8-10,12,18,20,28H,1-2,5,7,11H2,(H,26,29)/t18-,20-/m0/s1. The van der Waals surface area contributed by atoms with Gasteiger partial charge in [0.2, 0.25) is 0 Å². The Kier molecular flexibility index (Phi) is 5.32. The fourth-order valence-electron chi connectivity index (χ4n) is 4.04. The van der Waals surface area contributed by atoms with E-state index in [4.69, 9.17) is 0 Å². The van der Waals surface area contributed by atoms with Crippen LogP contribution in [-0.4, -0.2) is 27.7 Å². The van der Waals surface area contributed by atoms with Crippen molar-refractivity contribution in [2.24, 2.45) is 0 Å². The summed E-state index contributed by atoms with van der Waals surface area (Å²) in [7, 11) is 0. The minimum Gasteiger partial charge on any atom is -0.391 e. The summed E-state index contributed by atoms with van der Waals surface area (Å²) in [5.74, 6) is -2.44. The Bertz CT molecular complexity index is 1040. The van der Waals surface area contributed by atoms with E-state index >= 15 is 0 Å². The zero-order valence-corrected chi connectivity index (χ0v) is 15.7. The third kappa shape index (κ3) is 4.00. The first kappa shape index (κ1) is 19.5. The molecule has 0 radical (unpaired) electrons. The highest BCUT2D eigenvalue weighted by atomic mass is 19.1. The highest BCUT2D eigenvalue weighted by Crippen LogP contribution is 2.27. The Hall–Kier alpha value is -2.80. The smallest absolute Gasteiger partial charge is 0.253 e. The number of carbonyl (C=O) groups excluding carboxylic acids is 1. The molecule has 29 heavy (non-hydrogen) atoms. The van der Waals surface area contributed by atoms with Gasteiger partial charge in [0.25, 0.3) is 5.91 Å². The molecule has 1 saturated carbocycles. The van der Waals surface area contributed by atoms with Crippen molar-refractivity contribution in [3.8, 4) is 0 Å². The Morgan fingerprint density at radius 1 is 1.10 bits per heavy atom. The largest absolute Gasteiger partial charge is 0.391 e. The molecule has 7 heteroatoms. The van der Waals surface area contributed by atoms with E-state index in [1.807, 2.05) is 0 Å². The Labute approximate surface area is 166 Å². The summed E-state index contributed by atoms with van der Waals surface area (Å²) in [5, 5.41) is 13.1. The van der Waals surface area contributed by atoms with Crippen molar-refractivity contribution in [2.75, 3.05) is 0 Å². The molecule has 4 nitrogen and oxygen atoms in total. The van der Waals surface area contributed by atoms with Crippen LogP contribution in [0.25, 0.3) is 10.9 Å². The average Bonchev–Trinajstić information content (AvgIpc) is 3.03. The van der Waals surface area contributed by atoms with Crippen LogP contribution >= 0.6 is 0 Å². The molecule has 1 aliphatic rings. The number of nitrogens with one attached hydrogen (secondary N) is 1. The Balaban J connectivity index is 1.70. The van der Waals surface area contributed by atoms with Crippen LogP contribution in [0.1, 0.15) is 41.6 Å². The quantitative estimate of drug-likeness (QED) is 0.689. The number of nitrogens with zero attached hydrogens (tertiary/aromatic N) is 1. The van der Waals surface area contributed by atoms with Crippen LogP contribution in [0, 0.1) is 17.5 Å². The maximum absolute atomic E-state index is 14.6. The SMILES string of the molecule is O=C(N[C@H]1CCCC[C@@H]1O)c1cn(Cc2cc(F)cc(F)c2)c2cccc(F)c12. The van der Waals surface area contributed by atoms with Crippen LogP contribution in [0.5, 0.6) is 0 Å². The molecule has 0 aliphatic heterocycles. The second-order valence-corrected chi connectivity index (χ2v) is 7.51. The van der Waals surface area contributed by atoms with Gasteiger partial charge in [0.15, 0.2) is 0 Å². The number of aromatic nitrogens is 1. The molecule has 3 aromatic rings. The van der Waals surface area contributed by atoms with E-state index in [0.29, 0.717) is 23.9 Å². The van der Waals surface area contributed by atoms with Gasteiger partial charge in [0.1, 0.15) is 17.5 Å². The lowest BCUT2D eigenvalue weighted by atomic mass is 9.92. The molecule has 0 spiro atoms. The number of amides is 1. The maximum Gasteiger partial charge on any atom is 0.253 e. The molecule has 2 atom stereocenters. The van der Waals surface area contributed by atoms with Crippen LogP contribution < -0.4 is 5.32 Å². The summed E-state index contributed by atoms with van der Waals surface area (Å²) in [5.41, 5.74) is 0.940. The van der Waals surface area contributed by atoms with E-state index in [1.165, 1.54) is 30.5 Å². The summed E-state index contributed by atoms with van der Waals surface area (Å²) in [4.78, 5) is 12.9. The topological polar surface area (TPSA) is 54.3 Å². The van der Waals surface area contributed by atoms with Gasteiger partial charge < -0.3 is 15.0 Å². The van der Waals surface area contributed by atoms with Gasteiger partial charge in [-0.05, 0) is 42.7 Å². The van der Waals surface area contributed by atoms with E-state index in [1.54, 1.807) is 10.6 Å². The molecule has 0 saturated heterocycles. The van der Waals surface area contributed by atoms with Crippen LogP contribution in [0.3, 0.4) is 0 Å². The van der Waals surface area contributed by atoms with E-state index in [9.17, 15) is 23.1 Å². The second-order valence-electron chi connectivity index (χ2n) is 7.51. The number of aliphatic hydroxyl groups excluding tert-OH is 1. The van der Waals surface area contributed by atoms with Crippen molar-refractivity contribution in [1.82, 2.24) is 9.88 Å². The summed E-state index contributed by atoms with van der Waals surface area (Å²) in [6, 6.07) is 7.25. The van der Waals surface area contributed by atoms with Gasteiger partial charge in [-0.15, -0.1) is 0 Å². The number of fused-ring (bicyclic) bond motifs is 1. The summed E-state index contributed by atoms with van der Waals surface area (Å²) in [6.45, 7) is 0.0773. The van der Waals surface area contributed by atoms with Gasteiger partial charge in [-0.1, -0.05) is 18.9 Å². The van der Waals surface area contributed by atoms with E-state index in [0.717, 1.165) is 18.9 Å². The fraction of sp³-hybridized carbons (Fsp3) is 0.318. The Morgan fingerprint density at radius 2 is 1.83 bits per heavy atom. The van der Waals surface area contributed by atoms with Crippen LogP contribution in [0.2, 0.25) is 0 Å². The number of carbonyl (C=O) groups is 1. The number of halogens is 3. The first-order chi connectivity index (χ1) is 13.9. The average molecular weight is 402 g/mol. The summed E-state index contributed by atoms with van der Waals surface area (Å²) >= 11 is 0. The molecule has 0 bridgehead atoms. The molecular weight excluding hydrogens is 381 g/mol. The van der Waals surface area contributed by atoms with Crippen LogP contribution in [-0.2, 0) is 6.54 Å². The minimum atomic E-state index is -0.702.